The van der Waals surface area contributed by atoms with Crippen LogP contribution in [0.4, 0.5) is 0 Å². The number of H-pyrrole nitrogens is 1. The Morgan fingerprint density at radius 1 is 1.08 bits per heavy atom. The molecular weight excluding hydrogens is 366 g/mol. The van der Waals surface area contributed by atoms with Crippen molar-refractivity contribution in [2.24, 2.45) is 5.10 Å². The first-order valence-electron chi connectivity index (χ1n) is 8.24. The molecule has 4 aromatic rings. The molecule has 5 nitrogen and oxygen atoms in total. The Kier molecular flexibility index (Phi) is 3.80. The number of aromatic nitrogens is 4. The number of hydrogen-bond acceptors (Lipinski definition) is 4. The molecule has 0 aliphatic carbocycles. The molecule has 1 N–H and O–H groups in total. The van der Waals surface area contributed by atoms with Crippen molar-refractivity contribution in [3.05, 3.63) is 76.7 Å². The predicted octanol–water partition coefficient (Wildman–Crippen LogP) is 4.36. The molecule has 2 aromatic heterocycles. The molecule has 0 fully saturated rings. The van der Waals surface area contributed by atoms with Crippen molar-refractivity contribution in [3.63, 3.8) is 0 Å². The SMILES string of the molecule is Clc1ccc(C2=Nn3c(Cc4c[nH]c5ccccc45)nnc3SC2)cc1. The van der Waals surface area contributed by atoms with Crippen LogP contribution in [0.25, 0.3) is 10.9 Å². The van der Waals surface area contributed by atoms with Gasteiger partial charge in [-0.2, -0.15) is 9.78 Å². The summed E-state index contributed by atoms with van der Waals surface area (Å²) in [6.07, 6.45) is 2.71. The van der Waals surface area contributed by atoms with Gasteiger partial charge in [0.15, 0.2) is 5.82 Å². The van der Waals surface area contributed by atoms with E-state index in [1.54, 1.807) is 11.8 Å². The molecule has 26 heavy (non-hydrogen) atoms. The maximum atomic E-state index is 5.99. The van der Waals surface area contributed by atoms with E-state index in [0.29, 0.717) is 6.42 Å². The van der Waals surface area contributed by atoms with Crippen molar-refractivity contribution in [1.29, 1.82) is 0 Å². The van der Waals surface area contributed by atoms with Crippen LogP contribution in [0.5, 0.6) is 0 Å². The van der Waals surface area contributed by atoms with Gasteiger partial charge < -0.3 is 4.98 Å². The highest BCUT2D eigenvalue weighted by atomic mass is 35.5. The Hall–Kier alpha value is -2.57. The van der Waals surface area contributed by atoms with Crippen LogP contribution in [0.15, 0.2) is 65.0 Å². The molecule has 0 bridgehead atoms. The normalized spacial score (nSPS) is 13.7. The van der Waals surface area contributed by atoms with Crippen molar-refractivity contribution < 1.29 is 0 Å². The van der Waals surface area contributed by atoms with E-state index in [4.69, 9.17) is 16.7 Å². The zero-order valence-corrected chi connectivity index (χ0v) is 15.3. The molecule has 1 aliphatic heterocycles. The molecule has 1 aliphatic rings. The zero-order valence-electron chi connectivity index (χ0n) is 13.7. The number of aromatic amines is 1. The molecule has 2 aromatic carbocycles. The summed E-state index contributed by atoms with van der Waals surface area (Å²) in [7, 11) is 0. The van der Waals surface area contributed by atoms with Crippen LogP contribution in [0.2, 0.25) is 5.02 Å². The van der Waals surface area contributed by atoms with E-state index in [0.717, 1.165) is 38.5 Å². The number of nitrogens with zero attached hydrogens (tertiary/aromatic N) is 4. The number of para-hydroxylation sites is 1. The predicted molar refractivity (Wildman–Crippen MR) is 105 cm³/mol. The van der Waals surface area contributed by atoms with Gasteiger partial charge in [-0.05, 0) is 29.3 Å². The highest BCUT2D eigenvalue weighted by Crippen LogP contribution is 2.27. The van der Waals surface area contributed by atoms with E-state index in [2.05, 4.69) is 27.3 Å². The van der Waals surface area contributed by atoms with Crippen LogP contribution in [0.1, 0.15) is 17.0 Å². The van der Waals surface area contributed by atoms with Gasteiger partial charge in [-0.25, -0.2) is 0 Å². The first-order valence-corrected chi connectivity index (χ1v) is 9.60. The van der Waals surface area contributed by atoms with Crippen molar-refractivity contribution >= 4 is 40.0 Å². The molecule has 7 heteroatoms. The van der Waals surface area contributed by atoms with Crippen molar-refractivity contribution in [3.8, 4) is 0 Å². The maximum absolute atomic E-state index is 5.99. The van der Waals surface area contributed by atoms with Gasteiger partial charge in [0.25, 0.3) is 0 Å². The topological polar surface area (TPSA) is 58.9 Å². The van der Waals surface area contributed by atoms with Crippen LogP contribution in [-0.4, -0.2) is 31.3 Å². The van der Waals surface area contributed by atoms with Crippen LogP contribution >= 0.6 is 23.4 Å². The van der Waals surface area contributed by atoms with Gasteiger partial charge in [-0.3, -0.25) is 0 Å². The number of fused-ring (bicyclic) bond motifs is 2. The van der Waals surface area contributed by atoms with Crippen LogP contribution in [0, 0.1) is 0 Å². The summed E-state index contributed by atoms with van der Waals surface area (Å²) in [5, 5.41) is 16.2. The van der Waals surface area contributed by atoms with E-state index in [1.165, 1.54) is 10.9 Å². The fourth-order valence-electron chi connectivity index (χ4n) is 3.11. The van der Waals surface area contributed by atoms with E-state index < -0.39 is 0 Å². The molecule has 0 saturated carbocycles. The molecule has 0 saturated heterocycles. The van der Waals surface area contributed by atoms with Gasteiger partial charge in [0.1, 0.15) is 0 Å². The number of halogens is 1. The number of hydrogen-bond donors (Lipinski definition) is 1. The largest absolute Gasteiger partial charge is 0.361 e. The Labute approximate surface area is 159 Å². The van der Waals surface area contributed by atoms with E-state index >= 15 is 0 Å². The Bertz CT molecular complexity index is 1130. The van der Waals surface area contributed by atoms with Crippen LogP contribution in [0.3, 0.4) is 0 Å². The van der Waals surface area contributed by atoms with E-state index in [9.17, 15) is 0 Å². The summed E-state index contributed by atoms with van der Waals surface area (Å²) in [6.45, 7) is 0. The van der Waals surface area contributed by atoms with Gasteiger partial charge in [0, 0.05) is 34.3 Å². The summed E-state index contributed by atoms with van der Waals surface area (Å²) in [4.78, 5) is 3.31. The van der Waals surface area contributed by atoms with Gasteiger partial charge in [0.05, 0.1) is 5.71 Å². The third kappa shape index (κ3) is 2.71. The second-order valence-electron chi connectivity index (χ2n) is 6.09. The third-order valence-electron chi connectivity index (χ3n) is 4.44. The lowest BCUT2D eigenvalue weighted by molar-refractivity contribution is 0.721. The Balaban J connectivity index is 1.52. The smallest absolute Gasteiger partial charge is 0.212 e. The molecule has 0 unspecified atom stereocenters. The highest BCUT2D eigenvalue weighted by molar-refractivity contribution is 7.99. The van der Waals surface area contributed by atoms with E-state index in [-0.39, 0.29) is 0 Å². The van der Waals surface area contributed by atoms with Gasteiger partial charge >= 0.3 is 0 Å². The molecule has 0 radical (unpaired) electrons. The number of thioether (sulfide) groups is 1. The summed E-state index contributed by atoms with van der Waals surface area (Å²) >= 11 is 7.64. The van der Waals surface area contributed by atoms with Crippen LogP contribution in [-0.2, 0) is 6.42 Å². The second kappa shape index (κ2) is 6.30. The molecular formula is C19H14ClN5S. The number of benzene rings is 2. The van der Waals surface area contributed by atoms with Crippen LogP contribution < -0.4 is 0 Å². The standard InChI is InChI=1S/C19H14ClN5S/c20-14-7-5-12(6-8-14)17-11-26-19-23-22-18(25(19)24-17)9-13-10-21-16-4-2-1-3-15(13)16/h1-8,10,21H,9,11H2. The second-order valence-corrected chi connectivity index (χ2v) is 7.47. The van der Waals surface area contributed by atoms with Crippen molar-refractivity contribution in [1.82, 2.24) is 19.9 Å². The first-order chi connectivity index (χ1) is 12.8. The van der Waals surface area contributed by atoms with Crippen molar-refractivity contribution in [2.75, 3.05) is 5.75 Å². The van der Waals surface area contributed by atoms with Crippen molar-refractivity contribution in [2.45, 2.75) is 11.6 Å². The molecule has 0 amide bonds. The first kappa shape index (κ1) is 15.7. The molecule has 5 rings (SSSR count). The fourth-order valence-corrected chi connectivity index (χ4v) is 4.09. The summed E-state index contributed by atoms with van der Waals surface area (Å²) < 4.78 is 1.86. The van der Waals surface area contributed by atoms with Gasteiger partial charge in [0.2, 0.25) is 5.16 Å². The lowest BCUT2D eigenvalue weighted by atomic mass is 10.1. The molecule has 0 atom stereocenters. The van der Waals surface area contributed by atoms with E-state index in [1.807, 2.05) is 47.3 Å². The average Bonchev–Trinajstić information content (AvgIpc) is 3.27. The minimum absolute atomic E-state index is 0.676. The zero-order chi connectivity index (χ0) is 17.5. The maximum Gasteiger partial charge on any atom is 0.212 e. The number of nitrogens with one attached hydrogen (secondary N) is 1. The minimum Gasteiger partial charge on any atom is -0.361 e. The molecule has 3 heterocycles. The quantitative estimate of drug-likeness (QED) is 0.575. The third-order valence-corrected chi connectivity index (χ3v) is 5.62. The summed E-state index contributed by atoms with van der Waals surface area (Å²) in [5.41, 5.74) is 4.38. The molecule has 128 valence electrons. The van der Waals surface area contributed by atoms with Gasteiger partial charge in [-0.1, -0.05) is 53.7 Å². The summed E-state index contributed by atoms with van der Waals surface area (Å²) in [5.74, 6) is 1.61. The summed E-state index contributed by atoms with van der Waals surface area (Å²) in [6, 6.07) is 16.0. The average molecular weight is 380 g/mol. The lowest BCUT2D eigenvalue weighted by Crippen LogP contribution is -2.14. The number of rotatable bonds is 3. The highest BCUT2D eigenvalue weighted by Gasteiger charge is 2.20. The Morgan fingerprint density at radius 3 is 2.81 bits per heavy atom. The minimum atomic E-state index is 0.676. The molecule has 0 spiro atoms. The monoisotopic (exact) mass is 379 g/mol. The van der Waals surface area contributed by atoms with Gasteiger partial charge in [-0.15, -0.1) is 10.2 Å². The lowest BCUT2D eigenvalue weighted by Gasteiger charge is -2.14. The fraction of sp³-hybridized carbons (Fsp3) is 0.105. The Morgan fingerprint density at radius 2 is 1.92 bits per heavy atom.